The van der Waals surface area contributed by atoms with E-state index in [1.165, 1.54) is 16.4 Å². The van der Waals surface area contributed by atoms with Gasteiger partial charge in [-0.05, 0) is 74.2 Å². The van der Waals surface area contributed by atoms with Crippen molar-refractivity contribution in [3.63, 3.8) is 0 Å². The van der Waals surface area contributed by atoms with Crippen LogP contribution in [-0.4, -0.2) is 41.5 Å². The third-order valence-corrected chi connectivity index (χ3v) is 7.59. The smallest absolute Gasteiger partial charge is 0.255 e. The monoisotopic (exact) mass is 438 g/mol. The fourth-order valence-corrected chi connectivity index (χ4v) is 5.18. The molecule has 1 aliphatic heterocycles. The van der Waals surface area contributed by atoms with Crippen LogP contribution in [-0.2, 0) is 10.0 Å². The van der Waals surface area contributed by atoms with Crippen LogP contribution in [0.25, 0.3) is 5.69 Å². The van der Waals surface area contributed by atoms with Gasteiger partial charge >= 0.3 is 0 Å². The summed E-state index contributed by atoms with van der Waals surface area (Å²) in [7, 11) is -3.53. The summed E-state index contributed by atoms with van der Waals surface area (Å²) in [6.07, 6.45) is 3.47. The number of nitrogens with zero attached hydrogens (tertiary/aromatic N) is 3. The van der Waals surface area contributed by atoms with Crippen molar-refractivity contribution in [2.75, 3.05) is 18.4 Å². The topological polar surface area (TPSA) is 84.3 Å². The number of piperidine rings is 1. The molecule has 0 bridgehead atoms. The molecule has 1 aliphatic rings. The van der Waals surface area contributed by atoms with E-state index in [0.29, 0.717) is 30.3 Å². The lowest BCUT2D eigenvalue weighted by atomic mass is 10.0. The summed E-state index contributed by atoms with van der Waals surface area (Å²) in [5, 5.41) is 7.15. The standard InChI is InChI=1S/C23H26N4O3S/c1-17-11-14-26(15-12-17)31(29,30)22-8-6-19(7-9-22)23(28)25-20-4-3-5-21(16-20)27-18(2)10-13-24-27/h3-10,13,16-17H,11-12,14-15H2,1-2H3,(H,25,28). The zero-order chi connectivity index (χ0) is 22.0. The molecule has 0 saturated carbocycles. The van der Waals surface area contributed by atoms with Gasteiger partial charge in [-0.15, -0.1) is 0 Å². The minimum atomic E-state index is -3.53. The minimum absolute atomic E-state index is 0.217. The van der Waals surface area contributed by atoms with Crippen LogP contribution in [0, 0.1) is 12.8 Å². The SMILES string of the molecule is Cc1ccnn1-c1cccc(NC(=O)c2ccc(S(=O)(=O)N3CCC(C)CC3)cc2)c1. The Balaban J connectivity index is 1.47. The zero-order valence-electron chi connectivity index (χ0n) is 17.7. The Bertz CT molecular complexity index is 1180. The van der Waals surface area contributed by atoms with E-state index in [1.807, 2.05) is 31.2 Å². The Hall–Kier alpha value is -2.97. The first kappa shape index (κ1) is 21.3. The Morgan fingerprint density at radius 2 is 1.77 bits per heavy atom. The molecule has 2 aromatic carbocycles. The molecule has 7 nitrogen and oxygen atoms in total. The maximum absolute atomic E-state index is 12.9. The van der Waals surface area contributed by atoms with Crippen LogP contribution < -0.4 is 5.32 Å². The van der Waals surface area contributed by atoms with Gasteiger partial charge in [0.1, 0.15) is 0 Å². The van der Waals surface area contributed by atoms with Crippen molar-refractivity contribution in [2.24, 2.45) is 5.92 Å². The van der Waals surface area contributed by atoms with Crippen molar-refractivity contribution in [1.82, 2.24) is 14.1 Å². The van der Waals surface area contributed by atoms with E-state index in [-0.39, 0.29) is 10.8 Å². The number of hydrogen-bond acceptors (Lipinski definition) is 4. The van der Waals surface area contributed by atoms with Crippen molar-refractivity contribution < 1.29 is 13.2 Å². The Morgan fingerprint density at radius 1 is 1.06 bits per heavy atom. The van der Waals surface area contributed by atoms with Crippen LogP contribution in [0.3, 0.4) is 0 Å². The van der Waals surface area contributed by atoms with Crippen LogP contribution in [0.2, 0.25) is 0 Å². The number of amides is 1. The number of carbonyl (C=O) groups excluding carboxylic acids is 1. The van der Waals surface area contributed by atoms with Crippen molar-refractivity contribution >= 4 is 21.6 Å². The number of benzene rings is 2. The summed E-state index contributed by atoms with van der Waals surface area (Å²) in [5.74, 6) is 0.248. The number of rotatable bonds is 5. The van der Waals surface area contributed by atoms with Crippen molar-refractivity contribution in [3.05, 3.63) is 72.1 Å². The number of nitrogens with one attached hydrogen (secondary N) is 1. The van der Waals surface area contributed by atoms with Crippen LogP contribution in [0.4, 0.5) is 5.69 Å². The summed E-state index contributed by atoms with van der Waals surface area (Å²) in [6, 6.07) is 15.4. The van der Waals surface area contributed by atoms with Crippen LogP contribution in [0.15, 0.2) is 65.7 Å². The maximum Gasteiger partial charge on any atom is 0.255 e. The molecule has 2 heterocycles. The molecule has 1 amide bonds. The lowest BCUT2D eigenvalue weighted by Gasteiger charge is -2.29. The Morgan fingerprint density at radius 3 is 2.42 bits per heavy atom. The summed E-state index contributed by atoms with van der Waals surface area (Å²) in [5.41, 5.74) is 2.87. The molecule has 162 valence electrons. The van der Waals surface area contributed by atoms with Gasteiger partial charge < -0.3 is 5.32 Å². The molecule has 1 saturated heterocycles. The minimum Gasteiger partial charge on any atom is -0.322 e. The summed E-state index contributed by atoms with van der Waals surface area (Å²) in [4.78, 5) is 12.9. The second-order valence-corrected chi connectivity index (χ2v) is 9.94. The molecular weight excluding hydrogens is 412 g/mol. The second kappa shape index (κ2) is 8.64. The molecule has 4 rings (SSSR count). The van der Waals surface area contributed by atoms with Gasteiger partial charge in [0.15, 0.2) is 0 Å². The van der Waals surface area contributed by atoms with Crippen LogP contribution >= 0.6 is 0 Å². The molecular formula is C23H26N4O3S. The summed E-state index contributed by atoms with van der Waals surface area (Å²) < 4.78 is 29.0. The van der Waals surface area contributed by atoms with Crippen molar-refractivity contribution in [3.8, 4) is 5.69 Å². The van der Waals surface area contributed by atoms with E-state index >= 15 is 0 Å². The average Bonchev–Trinajstić information content (AvgIpc) is 3.20. The highest BCUT2D eigenvalue weighted by Crippen LogP contribution is 2.24. The molecule has 1 N–H and O–H groups in total. The first-order chi connectivity index (χ1) is 14.8. The molecule has 31 heavy (non-hydrogen) atoms. The third kappa shape index (κ3) is 4.55. The number of sulfonamides is 1. The average molecular weight is 439 g/mol. The van der Waals surface area contributed by atoms with Gasteiger partial charge in [-0.2, -0.15) is 9.40 Å². The first-order valence-electron chi connectivity index (χ1n) is 10.4. The molecule has 0 aliphatic carbocycles. The van der Waals surface area contributed by atoms with E-state index < -0.39 is 10.0 Å². The predicted octanol–water partition coefficient (Wildman–Crippen LogP) is 3.85. The molecule has 0 atom stereocenters. The highest BCUT2D eigenvalue weighted by Gasteiger charge is 2.28. The van der Waals surface area contributed by atoms with Crippen molar-refractivity contribution in [1.29, 1.82) is 0 Å². The lowest BCUT2D eigenvalue weighted by Crippen LogP contribution is -2.37. The van der Waals surface area contributed by atoms with Crippen LogP contribution in [0.5, 0.6) is 0 Å². The van der Waals surface area contributed by atoms with Crippen LogP contribution in [0.1, 0.15) is 35.8 Å². The maximum atomic E-state index is 12.9. The molecule has 8 heteroatoms. The normalized spacial score (nSPS) is 15.7. The van der Waals surface area contributed by atoms with E-state index in [9.17, 15) is 13.2 Å². The number of aryl methyl sites for hydroxylation is 1. The molecule has 0 unspecified atom stereocenters. The number of carbonyl (C=O) groups is 1. The van der Waals surface area contributed by atoms with E-state index in [1.54, 1.807) is 29.1 Å². The molecule has 1 fully saturated rings. The van der Waals surface area contributed by atoms with Gasteiger partial charge in [0, 0.05) is 36.2 Å². The number of hydrogen-bond donors (Lipinski definition) is 1. The fraction of sp³-hybridized carbons (Fsp3) is 0.304. The molecule has 0 radical (unpaired) electrons. The summed E-state index contributed by atoms with van der Waals surface area (Å²) in [6.45, 7) is 5.18. The van der Waals surface area contributed by atoms with E-state index in [0.717, 1.165) is 24.2 Å². The zero-order valence-corrected chi connectivity index (χ0v) is 18.5. The Kier molecular flexibility index (Phi) is 5.93. The second-order valence-electron chi connectivity index (χ2n) is 8.00. The first-order valence-corrected chi connectivity index (χ1v) is 11.8. The van der Waals surface area contributed by atoms with Gasteiger partial charge in [-0.1, -0.05) is 13.0 Å². The predicted molar refractivity (Wildman–Crippen MR) is 120 cm³/mol. The quantitative estimate of drug-likeness (QED) is 0.656. The number of aromatic nitrogens is 2. The van der Waals surface area contributed by atoms with Gasteiger partial charge in [0.05, 0.1) is 10.6 Å². The van der Waals surface area contributed by atoms with Crippen molar-refractivity contribution in [2.45, 2.75) is 31.6 Å². The Labute approximate surface area is 182 Å². The van der Waals surface area contributed by atoms with Gasteiger partial charge in [-0.3, -0.25) is 4.79 Å². The van der Waals surface area contributed by atoms with E-state index in [4.69, 9.17) is 0 Å². The largest absolute Gasteiger partial charge is 0.322 e. The fourth-order valence-electron chi connectivity index (χ4n) is 3.71. The molecule has 1 aromatic heterocycles. The third-order valence-electron chi connectivity index (χ3n) is 5.68. The van der Waals surface area contributed by atoms with E-state index in [2.05, 4.69) is 17.3 Å². The van der Waals surface area contributed by atoms with Gasteiger partial charge in [0.2, 0.25) is 10.0 Å². The molecule has 0 spiro atoms. The highest BCUT2D eigenvalue weighted by molar-refractivity contribution is 7.89. The number of anilines is 1. The highest BCUT2D eigenvalue weighted by atomic mass is 32.2. The van der Waals surface area contributed by atoms with Gasteiger partial charge in [0.25, 0.3) is 5.91 Å². The lowest BCUT2D eigenvalue weighted by molar-refractivity contribution is 0.102. The summed E-state index contributed by atoms with van der Waals surface area (Å²) >= 11 is 0. The molecule has 3 aromatic rings. The van der Waals surface area contributed by atoms with Gasteiger partial charge in [-0.25, -0.2) is 13.1 Å².